The summed E-state index contributed by atoms with van der Waals surface area (Å²) in [5.41, 5.74) is 0.530. The molecule has 0 aromatic rings. The molecule has 2 amide bonds. The number of esters is 2. The number of hydrogen-bond donors (Lipinski definition) is 0. The zero-order valence-corrected chi connectivity index (χ0v) is 22.9. The van der Waals surface area contributed by atoms with Gasteiger partial charge in [-0.2, -0.15) is 0 Å². The van der Waals surface area contributed by atoms with Crippen LogP contribution in [-0.2, 0) is 33.4 Å². The van der Waals surface area contributed by atoms with Crippen LogP contribution in [0.3, 0.4) is 0 Å². The molecular formula is C27H42N2O7. The molecule has 9 heteroatoms. The second kappa shape index (κ2) is 14.6. The Labute approximate surface area is 215 Å². The number of allylic oxidation sites excluding steroid dienone is 3. The van der Waals surface area contributed by atoms with Gasteiger partial charge in [0.05, 0.1) is 6.61 Å². The highest BCUT2D eigenvalue weighted by Gasteiger charge is 2.33. The fourth-order valence-corrected chi connectivity index (χ4v) is 3.57. The molecule has 1 rings (SSSR count). The van der Waals surface area contributed by atoms with Gasteiger partial charge in [-0.25, -0.2) is 4.79 Å². The summed E-state index contributed by atoms with van der Waals surface area (Å²) in [5, 5.41) is 0. The zero-order chi connectivity index (χ0) is 27.5. The van der Waals surface area contributed by atoms with Crippen molar-refractivity contribution in [1.29, 1.82) is 0 Å². The number of carbonyl (C=O) groups is 4. The number of unbranched alkanes of at least 4 members (excludes halogenated alkanes) is 1. The maximum atomic E-state index is 12.8. The fraction of sp³-hybridized carbons (Fsp3) is 0.630. The van der Waals surface area contributed by atoms with Gasteiger partial charge in [-0.3, -0.25) is 14.4 Å². The monoisotopic (exact) mass is 506 g/mol. The summed E-state index contributed by atoms with van der Waals surface area (Å²) in [4.78, 5) is 51.9. The Bertz CT molecular complexity index is 870. The number of amides is 2. The Morgan fingerprint density at radius 3 is 2.42 bits per heavy atom. The lowest BCUT2D eigenvalue weighted by molar-refractivity contribution is -0.184. The smallest absolute Gasteiger partial charge is 0.350 e. The molecule has 1 aliphatic carbocycles. The molecule has 36 heavy (non-hydrogen) atoms. The van der Waals surface area contributed by atoms with Crippen molar-refractivity contribution in [2.24, 2.45) is 5.92 Å². The molecule has 0 N–H and O–H groups in total. The molecule has 0 spiro atoms. The predicted octanol–water partition coefficient (Wildman–Crippen LogP) is 3.40. The number of rotatable bonds is 13. The summed E-state index contributed by atoms with van der Waals surface area (Å²) in [6, 6.07) is 0. The third-order valence-electron chi connectivity index (χ3n) is 5.41. The number of likely N-dealkylation sites (N-methyl/N-ethyl adjacent to an activating group) is 1. The molecular weight excluding hydrogens is 464 g/mol. The molecule has 0 heterocycles. The molecule has 1 aliphatic rings. The first kappa shape index (κ1) is 31.1. The van der Waals surface area contributed by atoms with Gasteiger partial charge in [-0.15, -0.1) is 0 Å². The van der Waals surface area contributed by atoms with Crippen molar-refractivity contribution < 1.29 is 33.4 Å². The highest BCUT2D eigenvalue weighted by Crippen LogP contribution is 2.22. The Morgan fingerprint density at radius 2 is 1.86 bits per heavy atom. The van der Waals surface area contributed by atoms with Crippen LogP contribution < -0.4 is 0 Å². The highest BCUT2D eigenvalue weighted by molar-refractivity contribution is 5.96. The normalized spacial score (nSPS) is 17.2. The average Bonchev–Trinajstić information content (AvgIpc) is 2.98. The van der Waals surface area contributed by atoms with E-state index in [1.54, 1.807) is 57.9 Å². The summed E-state index contributed by atoms with van der Waals surface area (Å²) in [5.74, 6) is -1.59. The maximum Gasteiger partial charge on any atom is 0.350 e. The molecule has 0 aromatic carbocycles. The van der Waals surface area contributed by atoms with E-state index >= 15 is 0 Å². The number of ether oxygens (including phenoxy) is 3. The molecule has 9 nitrogen and oxygen atoms in total. The molecule has 3 atom stereocenters. The van der Waals surface area contributed by atoms with Crippen LogP contribution in [0.4, 0.5) is 0 Å². The fourth-order valence-electron chi connectivity index (χ4n) is 3.57. The van der Waals surface area contributed by atoms with Crippen LogP contribution in [-0.4, -0.2) is 78.6 Å². The van der Waals surface area contributed by atoms with E-state index in [4.69, 9.17) is 14.2 Å². The molecule has 0 saturated carbocycles. The van der Waals surface area contributed by atoms with E-state index in [2.05, 4.69) is 6.92 Å². The van der Waals surface area contributed by atoms with Gasteiger partial charge in [-0.1, -0.05) is 32.4 Å². The third-order valence-corrected chi connectivity index (χ3v) is 5.41. The summed E-state index contributed by atoms with van der Waals surface area (Å²) in [7, 11) is 1.78. The van der Waals surface area contributed by atoms with Crippen molar-refractivity contribution in [2.75, 3.05) is 26.7 Å². The van der Waals surface area contributed by atoms with Gasteiger partial charge in [0, 0.05) is 44.2 Å². The van der Waals surface area contributed by atoms with Crippen LogP contribution >= 0.6 is 0 Å². The van der Waals surface area contributed by atoms with Crippen LogP contribution in [0.5, 0.6) is 0 Å². The van der Waals surface area contributed by atoms with Crippen molar-refractivity contribution >= 4 is 24.3 Å². The molecule has 0 saturated heterocycles. The highest BCUT2D eigenvalue weighted by atomic mass is 16.6. The molecule has 1 unspecified atom stereocenters. The lowest BCUT2D eigenvalue weighted by atomic mass is 10.0. The van der Waals surface area contributed by atoms with E-state index in [1.807, 2.05) is 13.0 Å². The van der Waals surface area contributed by atoms with Gasteiger partial charge in [0.2, 0.25) is 12.5 Å². The standard InChI is InChI=1S/C27H42N2O7/c1-9-10-14-28(8)25(32)22-12-11-13-23(19(2)17-22)29(18-30)15-16-34-20(3)24(35-21(4)31)26(33)36-27(5,6)7/h11-13,17-20,24H,9-10,14-16H2,1-8H3/t19?,20-,24+/m0/s1. The first-order valence-electron chi connectivity index (χ1n) is 12.4. The van der Waals surface area contributed by atoms with Gasteiger partial charge in [0.25, 0.3) is 5.91 Å². The molecule has 0 fully saturated rings. The maximum absolute atomic E-state index is 12.8. The second-order valence-corrected chi connectivity index (χ2v) is 9.88. The minimum atomic E-state index is -1.23. The number of carbonyl (C=O) groups excluding carboxylic acids is 4. The summed E-state index contributed by atoms with van der Waals surface area (Å²) in [6.45, 7) is 12.9. The Morgan fingerprint density at radius 1 is 1.19 bits per heavy atom. The number of hydrogen-bond acceptors (Lipinski definition) is 7. The van der Waals surface area contributed by atoms with Crippen LogP contribution in [0, 0.1) is 5.92 Å². The van der Waals surface area contributed by atoms with E-state index in [-0.39, 0.29) is 25.0 Å². The van der Waals surface area contributed by atoms with Crippen molar-refractivity contribution in [2.45, 2.75) is 79.1 Å². The quantitative estimate of drug-likeness (QED) is 0.279. The lowest BCUT2D eigenvalue weighted by Gasteiger charge is -2.28. The van der Waals surface area contributed by atoms with E-state index in [9.17, 15) is 19.2 Å². The van der Waals surface area contributed by atoms with Gasteiger partial charge >= 0.3 is 11.9 Å². The van der Waals surface area contributed by atoms with E-state index in [0.717, 1.165) is 12.8 Å². The molecule has 0 bridgehead atoms. The van der Waals surface area contributed by atoms with Crippen LogP contribution in [0.2, 0.25) is 0 Å². The van der Waals surface area contributed by atoms with Crippen LogP contribution in [0.25, 0.3) is 0 Å². The van der Waals surface area contributed by atoms with E-state index in [0.29, 0.717) is 24.2 Å². The first-order chi connectivity index (χ1) is 16.8. The van der Waals surface area contributed by atoms with Crippen LogP contribution in [0.15, 0.2) is 35.6 Å². The third kappa shape index (κ3) is 10.4. The van der Waals surface area contributed by atoms with Crippen molar-refractivity contribution in [1.82, 2.24) is 9.80 Å². The first-order valence-corrected chi connectivity index (χ1v) is 12.4. The Balaban J connectivity index is 2.83. The largest absolute Gasteiger partial charge is 0.457 e. The van der Waals surface area contributed by atoms with Crippen molar-refractivity contribution in [3.05, 3.63) is 35.6 Å². The zero-order valence-electron chi connectivity index (χ0n) is 22.9. The lowest BCUT2D eigenvalue weighted by Crippen LogP contribution is -2.43. The van der Waals surface area contributed by atoms with Gasteiger partial charge in [-0.05, 0) is 46.3 Å². The minimum Gasteiger partial charge on any atom is -0.457 e. The van der Waals surface area contributed by atoms with Crippen molar-refractivity contribution in [3.63, 3.8) is 0 Å². The molecule has 0 aromatic heterocycles. The predicted molar refractivity (Wildman–Crippen MR) is 137 cm³/mol. The summed E-state index contributed by atoms with van der Waals surface area (Å²) in [6.07, 6.45) is 7.77. The summed E-state index contributed by atoms with van der Waals surface area (Å²) >= 11 is 0. The molecule has 202 valence electrons. The second-order valence-electron chi connectivity index (χ2n) is 9.88. The topological polar surface area (TPSA) is 102 Å². The summed E-state index contributed by atoms with van der Waals surface area (Å²) < 4.78 is 16.2. The van der Waals surface area contributed by atoms with Gasteiger partial charge in [0.1, 0.15) is 11.7 Å². The minimum absolute atomic E-state index is 0.0605. The van der Waals surface area contributed by atoms with E-state index in [1.165, 1.54) is 11.8 Å². The van der Waals surface area contributed by atoms with Gasteiger partial charge in [0.15, 0.2) is 0 Å². The Kier molecular flexibility index (Phi) is 12.6. The molecule has 0 aliphatic heterocycles. The SMILES string of the molecule is CCCCN(C)C(=O)C1=CC(C)C(N(C=O)CCO[C@@H](C)[C@@H](OC(C)=O)C(=O)OC(C)(C)C)=CC=C1. The van der Waals surface area contributed by atoms with E-state index < -0.39 is 29.7 Å². The van der Waals surface area contributed by atoms with Gasteiger partial charge < -0.3 is 24.0 Å². The van der Waals surface area contributed by atoms with Crippen molar-refractivity contribution in [3.8, 4) is 0 Å². The average molecular weight is 507 g/mol. The number of nitrogens with zero attached hydrogens (tertiary/aromatic N) is 2. The Hall–Kier alpha value is -2.94. The molecule has 0 radical (unpaired) electrons. The van der Waals surface area contributed by atoms with Crippen LogP contribution in [0.1, 0.15) is 61.3 Å².